The molecule has 0 spiro atoms. The van der Waals surface area contributed by atoms with Crippen molar-refractivity contribution in [3.8, 4) is 11.5 Å². The van der Waals surface area contributed by atoms with Crippen molar-refractivity contribution < 1.29 is 19.1 Å². The first-order valence-electron chi connectivity index (χ1n) is 8.84. The van der Waals surface area contributed by atoms with E-state index in [1.165, 1.54) is 4.90 Å². The van der Waals surface area contributed by atoms with Crippen molar-refractivity contribution in [3.63, 3.8) is 0 Å². The van der Waals surface area contributed by atoms with Crippen LogP contribution in [0.5, 0.6) is 11.5 Å². The Hall–Kier alpha value is -2.16. The van der Waals surface area contributed by atoms with Crippen LogP contribution in [0.3, 0.4) is 0 Å². The fourth-order valence-electron chi connectivity index (χ4n) is 3.28. The van der Waals surface area contributed by atoms with E-state index in [-0.39, 0.29) is 6.10 Å². The van der Waals surface area contributed by atoms with Crippen molar-refractivity contribution in [3.05, 3.63) is 47.5 Å². The topological polar surface area (TPSA) is 54.9 Å². The third-order valence-corrected chi connectivity index (χ3v) is 5.06. The number of quaternary nitrogens is 1. The number of hydrogen-bond donors (Lipinski definition) is 1. The molecule has 1 fully saturated rings. The van der Waals surface area contributed by atoms with Gasteiger partial charge in [0.25, 0.3) is 0 Å². The van der Waals surface area contributed by atoms with Gasteiger partial charge in [-0.1, -0.05) is 18.2 Å². The molecule has 1 N–H and O–H groups in total. The molecule has 4 rings (SSSR count). The Balaban J connectivity index is 1.61. The maximum Gasteiger partial charge on any atom is 0.203 e. The average molecular weight is 375 g/mol. The Labute approximate surface area is 157 Å². The summed E-state index contributed by atoms with van der Waals surface area (Å²) in [5.74, 6) is 2.26. The first kappa shape index (κ1) is 17.3. The summed E-state index contributed by atoms with van der Waals surface area (Å²) < 4.78 is 22.0. The second kappa shape index (κ2) is 7.61. The number of aromatic nitrogens is 3. The zero-order valence-electron chi connectivity index (χ0n) is 14.6. The van der Waals surface area contributed by atoms with E-state index in [4.69, 9.17) is 31.5 Å². The van der Waals surface area contributed by atoms with E-state index in [0.717, 1.165) is 50.3 Å². The minimum absolute atomic E-state index is 0.299. The summed E-state index contributed by atoms with van der Waals surface area (Å²) in [6.45, 7) is 9.04. The smallest absolute Gasteiger partial charge is 0.203 e. The summed E-state index contributed by atoms with van der Waals surface area (Å²) in [7, 11) is 0. The third kappa shape index (κ3) is 3.40. The second-order valence-corrected chi connectivity index (χ2v) is 6.79. The summed E-state index contributed by atoms with van der Waals surface area (Å²) in [5.41, 5.74) is 0. The fourth-order valence-corrected chi connectivity index (χ4v) is 3.55. The van der Waals surface area contributed by atoms with E-state index in [9.17, 15) is 0 Å². The molecule has 0 saturated carbocycles. The van der Waals surface area contributed by atoms with Gasteiger partial charge in [0, 0.05) is 6.54 Å². The number of fused-ring (bicyclic) bond motifs is 1. The lowest BCUT2D eigenvalue weighted by molar-refractivity contribution is -0.931. The first-order valence-corrected chi connectivity index (χ1v) is 9.25. The minimum atomic E-state index is -0.299. The molecular weight excluding hydrogens is 352 g/mol. The Kier molecular flexibility index (Phi) is 5.05. The van der Waals surface area contributed by atoms with Gasteiger partial charge in [-0.2, -0.15) is 4.68 Å². The molecule has 1 aromatic carbocycles. The lowest BCUT2D eigenvalue weighted by Crippen LogP contribution is -3.13. The molecule has 8 heteroatoms. The summed E-state index contributed by atoms with van der Waals surface area (Å²) in [6.07, 6.45) is 1.53. The molecule has 1 atom stereocenters. The van der Waals surface area contributed by atoms with Crippen molar-refractivity contribution in [1.29, 1.82) is 0 Å². The lowest BCUT2D eigenvalue weighted by Gasteiger charge is -2.26. The molecule has 2 aromatic rings. The van der Waals surface area contributed by atoms with Crippen LogP contribution in [0.2, 0.25) is 0 Å². The first-order chi connectivity index (χ1) is 12.8. The number of hydrogen-bond acceptors (Lipinski definition) is 5. The summed E-state index contributed by atoms with van der Waals surface area (Å²) in [4.78, 5) is 1.41. The number of nitrogens with zero attached hydrogens (tertiary/aromatic N) is 3. The highest BCUT2D eigenvalue weighted by molar-refractivity contribution is 7.71. The highest BCUT2D eigenvalue weighted by atomic mass is 32.1. The number of para-hydroxylation sites is 2. The summed E-state index contributed by atoms with van der Waals surface area (Å²) in [6, 6.07) is 7.67. The standard InChI is InChI=1S/C18H22N4O3S/c1-2-7-21-17(16-12-24-14-5-3-4-6-15(14)25-16)19-22(18(21)26)13-20-8-10-23-11-9-20/h2-6,16H,1,7-13H2/p+1/t16-/m1/s1. The molecule has 26 heavy (non-hydrogen) atoms. The van der Waals surface area contributed by atoms with Crippen LogP contribution in [0.15, 0.2) is 36.9 Å². The normalized spacial score (nSPS) is 20.1. The van der Waals surface area contributed by atoms with Crippen molar-refractivity contribution in [2.75, 3.05) is 32.9 Å². The van der Waals surface area contributed by atoms with Crippen molar-refractivity contribution in [2.45, 2.75) is 19.3 Å². The Bertz CT molecular complexity index is 841. The number of benzene rings is 1. The maximum absolute atomic E-state index is 6.13. The molecule has 3 heterocycles. The highest BCUT2D eigenvalue weighted by Gasteiger charge is 2.28. The summed E-state index contributed by atoms with van der Waals surface area (Å²) in [5, 5.41) is 4.78. The molecule has 2 aliphatic rings. The molecule has 138 valence electrons. The van der Waals surface area contributed by atoms with Crippen molar-refractivity contribution in [1.82, 2.24) is 14.3 Å². The van der Waals surface area contributed by atoms with E-state index in [2.05, 4.69) is 6.58 Å². The number of nitrogens with one attached hydrogen (secondary N) is 1. The van der Waals surface area contributed by atoms with E-state index in [1.807, 2.05) is 39.6 Å². The quantitative estimate of drug-likeness (QED) is 0.624. The average Bonchev–Trinajstić information content (AvgIpc) is 2.98. The molecular formula is C18H23N4O3S+. The Morgan fingerprint density at radius 1 is 1.27 bits per heavy atom. The van der Waals surface area contributed by atoms with Gasteiger partial charge < -0.3 is 19.1 Å². The summed E-state index contributed by atoms with van der Waals surface area (Å²) >= 11 is 5.67. The van der Waals surface area contributed by atoms with Crippen LogP contribution in [0.25, 0.3) is 0 Å². The largest absolute Gasteiger partial charge is 0.485 e. The second-order valence-electron chi connectivity index (χ2n) is 6.42. The number of morpholine rings is 1. The van der Waals surface area contributed by atoms with Crippen LogP contribution in [-0.4, -0.2) is 47.3 Å². The SMILES string of the molecule is C=CCn1c([C@H]2COc3ccccc3O2)nn(C[NH+]2CCOCC2)c1=S. The van der Waals surface area contributed by atoms with Crippen LogP contribution in [0.4, 0.5) is 0 Å². The number of rotatable bonds is 5. The lowest BCUT2D eigenvalue weighted by atomic mass is 10.2. The van der Waals surface area contributed by atoms with Gasteiger partial charge in [0.1, 0.15) is 19.7 Å². The molecule has 0 aliphatic carbocycles. The number of allylic oxidation sites excluding steroid dienone is 1. The molecule has 7 nitrogen and oxygen atoms in total. The molecule has 1 aromatic heterocycles. The van der Waals surface area contributed by atoms with Crippen molar-refractivity contribution >= 4 is 12.2 Å². The predicted molar refractivity (Wildman–Crippen MR) is 98.1 cm³/mol. The highest BCUT2D eigenvalue weighted by Crippen LogP contribution is 2.35. The van der Waals surface area contributed by atoms with Crippen LogP contribution >= 0.6 is 12.2 Å². The zero-order chi connectivity index (χ0) is 17.9. The van der Waals surface area contributed by atoms with Crippen molar-refractivity contribution in [2.24, 2.45) is 0 Å². The third-order valence-electron chi connectivity index (χ3n) is 4.63. The van der Waals surface area contributed by atoms with E-state index < -0.39 is 0 Å². The monoisotopic (exact) mass is 375 g/mol. The molecule has 0 bridgehead atoms. The van der Waals surface area contributed by atoms with Crippen LogP contribution in [0.1, 0.15) is 11.9 Å². The van der Waals surface area contributed by atoms with Gasteiger partial charge in [0.15, 0.2) is 30.1 Å². The molecule has 0 amide bonds. The van der Waals surface area contributed by atoms with Crippen LogP contribution in [0, 0.1) is 4.77 Å². The molecule has 2 aliphatic heterocycles. The molecule has 0 radical (unpaired) electrons. The van der Waals surface area contributed by atoms with Crippen LogP contribution in [-0.2, 0) is 18.0 Å². The molecule has 1 saturated heterocycles. The van der Waals surface area contributed by atoms with Gasteiger partial charge >= 0.3 is 0 Å². The van der Waals surface area contributed by atoms with Gasteiger partial charge in [-0.15, -0.1) is 11.7 Å². The molecule has 0 unspecified atom stereocenters. The fraction of sp³-hybridized carbons (Fsp3) is 0.444. The number of ether oxygens (including phenoxy) is 3. The van der Waals surface area contributed by atoms with E-state index >= 15 is 0 Å². The maximum atomic E-state index is 6.13. The zero-order valence-corrected chi connectivity index (χ0v) is 15.4. The van der Waals surface area contributed by atoms with Gasteiger partial charge in [-0.05, 0) is 24.4 Å². The Morgan fingerprint density at radius 2 is 2.04 bits per heavy atom. The van der Waals surface area contributed by atoms with Crippen LogP contribution < -0.4 is 14.4 Å². The van der Waals surface area contributed by atoms with Gasteiger partial charge in [-0.25, -0.2) is 0 Å². The predicted octanol–water partition coefficient (Wildman–Crippen LogP) is 0.985. The minimum Gasteiger partial charge on any atom is -0.485 e. The van der Waals surface area contributed by atoms with Gasteiger partial charge in [-0.3, -0.25) is 4.57 Å². The van der Waals surface area contributed by atoms with E-state index in [0.29, 0.717) is 17.9 Å². The van der Waals surface area contributed by atoms with Gasteiger partial charge in [0.2, 0.25) is 4.77 Å². The van der Waals surface area contributed by atoms with E-state index in [1.54, 1.807) is 0 Å². The Morgan fingerprint density at radius 3 is 2.81 bits per heavy atom. The van der Waals surface area contributed by atoms with Gasteiger partial charge in [0.05, 0.1) is 13.2 Å².